The van der Waals surface area contributed by atoms with Crippen LogP contribution in [-0.2, 0) is 0 Å². The van der Waals surface area contributed by atoms with Gasteiger partial charge in [-0.2, -0.15) is 5.06 Å². The van der Waals surface area contributed by atoms with Crippen molar-refractivity contribution in [3.05, 3.63) is 23.8 Å². The average molecular weight is 193 g/mol. The van der Waals surface area contributed by atoms with Crippen molar-refractivity contribution in [2.45, 2.75) is 38.1 Å². The fraction of sp³-hybridized carbons (Fsp3) is 0.667. The van der Waals surface area contributed by atoms with E-state index >= 15 is 0 Å². The summed E-state index contributed by atoms with van der Waals surface area (Å²) in [6.45, 7) is 0. The highest BCUT2D eigenvalue weighted by molar-refractivity contribution is 5.29. The minimum Gasteiger partial charge on any atom is -0.314 e. The summed E-state index contributed by atoms with van der Waals surface area (Å²) in [7, 11) is 1.78. The van der Waals surface area contributed by atoms with E-state index in [1.165, 1.54) is 29.9 Å². The Kier molecular flexibility index (Phi) is 3.04. The third-order valence-electron chi connectivity index (χ3n) is 3.44. The zero-order valence-electron chi connectivity index (χ0n) is 8.82. The monoisotopic (exact) mass is 193 g/mol. The van der Waals surface area contributed by atoms with Crippen LogP contribution in [0.5, 0.6) is 0 Å². The van der Waals surface area contributed by atoms with Crippen molar-refractivity contribution >= 4 is 0 Å². The van der Waals surface area contributed by atoms with Crippen LogP contribution in [-0.4, -0.2) is 23.4 Å². The van der Waals surface area contributed by atoms with Gasteiger partial charge in [0.15, 0.2) is 0 Å². The lowest BCUT2D eigenvalue weighted by molar-refractivity contribution is -0.122. The van der Waals surface area contributed by atoms with E-state index in [0.717, 1.165) is 12.8 Å². The molecular formula is C12H19NO. The number of rotatable bonds is 2. The Morgan fingerprint density at radius 3 is 2.79 bits per heavy atom. The molecule has 2 rings (SSSR count). The van der Waals surface area contributed by atoms with Crippen molar-refractivity contribution in [3.8, 4) is 0 Å². The molecule has 2 nitrogen and oxygen atoms in total. The molecule has 2 heteroatoms. The Labute approximate surface area is 85.9 Å². The first-order chi connectivity index (χ1) is 6.79. The molecule has 0 spiro atoms. The van der Waals surface area contributed by atoms with Gasteiger partial charge in [0.2, 0.25) is 0 Å². The Balaban J connectivity index is 2.09. The van der Waals surface area contributed by atoms with Crippen LogP contribution in [0, 0.1) is 5.92 Å². The maximum absolute atomic E-state index is 9.59. The molecule has 1 fully saturated rings. The first kappa shape index (κ1) is 9.94. The molecule has 2 aliphatic carbocycles. The summed E-state index contributed by atoms with van der Waals surface area (Å²) >= 11 is 0. The van der Waals surface area contributed by atoms with E-state index in [2.05, 4.69) is 18.2 Å². The maximum Gasteiger partial charge on any atom is 0.0415 e. The third kappa shape index (κ3) is 1.91. The average Bonchev–Trinajstić information content (AvgIpc) is 2.70. The van der Waals surface area contributed by atoms with Crippen molar-refractivity contribution < 1.29 is 5.21 Å². The Morgan fingerprint density at radius 2 is 2.14 bits per heavy atom. The van der Waals surface area contributed by atoms with Gasteiger partial charge in [0.25, 0.3) is 0 Å². The van der Waals surface area contributed by atoms with Crippen molar-refractivity contribution in [2.75, 3.05) is 7.05 Å². The summed E-state index contributed by atoms with van der Waals surface area (Å²) < 4.78 is 0. The van der Waals surface area contributed by atoms with Gasteiger partial charge in [-0.1, -0.05) is 31.1 Å². The van der Waals surface area contributed by atoms with Crippen LogP contribution in [0.4, 0.5) is 0 Å². The molecule has 2 aliphatic rings. The van der Waals surface area contributed by atoms with Crippen molar-refractivity contribution in [3.63, 3.8) is 0 Å². The molecule has 0 aliphatic heterocycles. The normalized spacial score (nSPS) is 32.4. The van der Waals surface area contributed by atoms with E-state index in [0.29, 0.717) is 12.0 Å². The molecule has 0 aromatic rings. The summed E-state index contributed by atoms with van der Waals surface area (Å²) in [5, 5.41) is 11.0. The Hall–Kier alpha value is -0.600. The van der Waals surface area contributed by atoms with Crippen molar-refractivity contribution in [1.29, 1.82) is 0 Å². The molecule has 0 radical (unpaired) electrons. The second kappa shape index (κ2) is 4.28. The number of nitrogens with zero attached hydrogens (tertiary/aromatic N) is 1. The third-order valence-corrected chi connectivity index (χ3v) is 3.44. The fourth-order valence-electron chi connectivity index (χ4n) is 2.70. The summed E-state index contributed by atoms with van der Waals surface area (Å²) in [5.41, 5.74) is 1.44. The predicted molar refractivity (Wildman–Crippen MR) is 57.1 cm³/mol. The quantitative estimate of drug-likeness (QED) is 0.682. The van der Waals surface area contributed by atoms with Crippen molar-refractivity contribution in [1.82, 2.24) is 5.06 Å². The van der Waals surface area contributed by atoms with Gasteiger partial charge < -0.3 is 5.21 Å². The van der Waals surface area contributed by atoms with Crippen LogP contribution in [0.25, 0.3) is 0 Å². The zero-order valence-corrected chi connectivity index (χ0v) is 8.82. The summed E-state index contributed by atoms with van der Waals surface area (Å²) in [4.78, 5) is 0. The van der Waals surface area contributed by atoms with Gasteiger partial charge in [0.05, 0.1) is 0 Å². The lowest BCUT2D eigenvalue weighted by atomic mass is 9.80. The van der Waals surface area contributed by atoms with E-state index in [1.807, 2.05) is 0 Å². The van der Waals surface area contributed by atoms with Gasteiger partial charge in [-0.05, 0) is 24.8 Å². The van der Waals surface area contributed by atoms with Gasteiger partial charge in [0.1, 0.15) is 0 Å². The molecule has 0 saturated heterocycles. The highest BCUT2D eigenvalue weighted by Gasteiger charge is 2.29. The molecule has 1 saturated carbocycles. The smallest absolute Gasteiger partial charge is 0.0415 e. The Morgan fingerprint density at radius 1 is 1.36 bits per heavy atom. The standard InChI is InChI=1S/C12H19NO/c1-13(14)12-9-5-4-8-11(12)10-6-2-3-7-10/h2,6-7,11-12,14H,3-5,8-9H2,1H3. The highest BCUT2D eigenvalue weighted by atomic mass is 16.5. The van der Waals surface area contributed by atoms with Gasteiger partial charge in [-0.25, -0.2) is 0 Å². The molecule has 2 atom stereocenters. The molecule has 0 bridgehead atoms. The lowest BCUT2D eigenvalue weighted by Gasteiger charge is -2.35. The van der Waals surface area contributed by atoms with Crippen LogP contribution in [0.3, 0.4) is 0 Å². The molecule has 0 amide bonds. The van der Waals surface area contributed by atoms with Gasteiger partial charge in [-0.15, -0.1) is 0 Å². The number of hydrogen-bond donors (Lipinski definition) is 1. The first-order valence-corrected chi connectivity index (χ1v) is 5.57. The van der Waals surface area contributed by atoms with Crippen LogP contribution >= 0.6 is 0 Å². The molecular weight excluding hydrogens is 174 g/mol. The second-order valence-electron chi connectivity index (χ2n) is 4.37. The van der Waals surface area contributed by atoms with E-state index in [9.17, 15) is 5.21 Å². The Bertz CT molecular complexity index is 255. The van der Waals surface area contributed by atoms with E-state index in [4.69, 9.17) is 0 Å². The SMILES string of the molecule is CN(O)C1CCCCC1C1=CCC=C1. The van der Waals surface area contributed by atoms with E-state index < -0.39 is 0 Å². The number of hydroxylamine groups is 2. The summed E-state index contributed by atoms with van der Waals surface area (Å²) in [6, 6.07) is 0.331. The fourth-order valence-corrected chi connectivity index (χ4v) is 2.70. The predicted octanol–water partition coefficient (Wildman–Crippen LogP) is 2.75. The molecule has 0 aromatic carbocycles. The lowest BCUT2D eigenvalue weighted by Crippen LogP contribution is -2.38. The highest BCUT2D eigenvalue weighted by Crippen LogP contribution is 2.34. The van der Waals surface area contributed by atoms with Gasteiger partial charge in [0, 0.05) is 19.0 Å². The minimum absolute atomic E-state index is 0.331. The number of hydrogen-bond acceptors (Lipinski definition) is 2. The van der Waals surface area contributed by atoms with Crippen LogP contribution in [0.15, 0.2) is 23.8 Å². The zero-order chi connectivity index (χ0) is 9.97. The first-order valence-electron chi connectivity index (χ1n) is 5.57. The van der Waals surface area contributed by atoms with Crippen LogP contribution < -0.4 is 0 Å². The van der Waals surface area contributed by atoms with E-state index in [1.54, 1.807) is 7.05 Å². The molecule has 0 aromatic heterocycles. The molecule has 14 heavy (non-hydrogen) atoms. The van der Waals surface area contributed by atoms with Crippen molar-refractivity contribution in [2.24, 2.45) is 5.92 Å². The molecule has 0 heterocycles. The molecule has 78 valence electrons. The van der Waals surface area contributed by atoms with Crippen LogP contribution in [0.2, 0.25) is 0 Å². The topological polar surface area (TPSA) is 23.5 Å². The summed E-state index contributed by atoms with van der Waals surface area (Å²) in [6.07, 6.45) is 12.7. The number of allylic oxidation sites excluding steroid dienone is 3. The van der Waals surface area contributed by atoms with Crippen LogP contribution in [0.1, 0.15) is 32.1 Å². The second-order valence-corrected chi connectivity index (χ2v) is 4.37. The maximum atomic E-state index is 9.59. The summed E-state index contributed by atoms with van der Waals surface area (Å²) in [5.74, 6) is 0.553. The minimum atomic E-state index is 0.331. The van der Waals surface area contributed by atoms with Gasteiger partial charge in [-0.3, -0.25) is 0 Å². The largest absolute Gasteiger partial charge is 0.314 e. The molecule has 2 unspecified atom stereocenters. The van der Waals surface area contributed by atoms with Gasteiger partial charge >= 0.3 is 0 Å². The van der Waals surface area contributed by atoms with E-state index in [-0.39, 0.29) is 0 Å². The molecule has 1 N–H and O–H groups in total.